The highest BCUT2D eigenvalue weighted by molar-refractivity contribution is 6.31. The van der Waals surface area contributed by atoms with E-state index in [1.807, 2.05) is 37.3 Å². The monoisotopic (exact) mass is 552 g/mol. The molecule has 196 valence electrons. The molecule has 1 aliphatic carbocycles. The molecule has 0 bridgehead atoms. The number of nitrogens with one attached hydrogen (secondary N) is 1. The van der Waals surface area contributed by atoms with E-state index >= 15 is 4.39 Å². The number of hydrogen-bond donors (Lipinski definition) is 1. The van der Waals surface area contributed by atoms with E-state index in [9.17, 15) is 9.59 Å². The van der Waals surface area contributed by atoms with Crippen LogP contribution in [-0.4, -0.2) is 29.2 Å². The Kier molecular flexibility index (Phi) is 6.45. The number of carbonyl (C=O) groups excluding carboxylic acids is 2. The lowest BCUT2D eigenvalue weighted by Crippen LogP contribution is -2.51. The number of anilines is 1. The van der Waals surface area contributed by atoms with E-state index in [0.717, 1.165) is 17.7 Å². The number of hydrogen-bond acceptors (Lipinski definition) is 4. The SMILES string of the molecule is CCOc1cccc(CN2[C@H]3CCCC(=O)[C@H]3[C@H](c3cccc(Cl)c3F)[C@]23C(=O)Nc2cc(Cl)ccc23)c1. The summed E-state index contributed by atoms with van der Waals surface area (Å²) in [5, 5.41) is 3.47. The summed E-state index contributed by atoms with van der Waals surface area (Å²) < 4.78 is 21.5. The molecule has 1 amide bonds. The lowest BCUT2D eigenvalue weighted by atomic mass is 9.68. The van der Waals surface area contributed by atoms with Gasteiger partial charge in [-0.05, 0) is 61.2 Å². The molecule has 4 atom stereocenters. The van der Waals surface area contributed by atoms with Crippen LogP contribution >= 0.6 is 23.2 Å². The smallest absolute Gasteiger partial charge is 0.250 e. The summed E-state index contributed by atoms with van der Waals surface area (Å²) in [7, 11) is 0. The van der Waals surface area contributed by atoms with Crippen molar-refractivity contribution in [2.75, 3.05) is 11.9 Å². The minimum Gasteiger partial charge on any atom is -0.494 e. The van der Waals surface area contributed by atoms with Gasteiger partial charge in [0.2, 0.25) is 5.91 Å². The summed E-state index contributed by atoms with van der Waals surface area (Å²) in [6.45, 7) is 2.84. The number of Topliss-reactive ketones (excluding diaryl/α,β-unsaturated/α-hetero) is 1. The number of nitrogens with zero attached hydrogens (tertiary/aromatic N) is 1. The summed E-state index contributed by atoms with van der Waals surface area (Å²) in [5.74, 6) is -1.44. The third kappa shape index (κ3) is 3.76. The van der Waals surface area contributed by atoms with Gasteiger partial charge in [0.25, 0.3) is 0 Å². The van der Waals surface area contributed by atoms with Gasteiger partial charge in [0, 0.05) is 47.1 Å². The van der Waals surface area contributed by atoms with Crippen LogP contribution < -0.4 is 10.1 Å². The third-order valence-corrected chi connectivity index (χ3v) is 8.76. The maximum absolute atomic E-state index is 15.8. The molecule has 0 aromatic heterocycles. The van der Waals surface area contributed by atoms with Crippen molar-refractivity contribution in [2.24, 2.45) is 5.92 Å². The van der Waals surface area contributed by atoms with Crippen LogP contribution in [0.25, 0.3) is 0 Å². The predicted octanol–water partition coefficient (Wildman–Crippen LogP) is 6.72. The molecule has 2 heterocycles. The number of rotatable bonds is 5. The van der Waals surface area contributed by atoms with Gasteiger partial charge in [0.05, 0.1) is 11.6 Å². The van der Waals surface area contributed by atoms with E-state index in [1.165, 1.54) is 6.07 Å². The molecule has 3 aromatic carbocycles. The number of ketones is 1. The van der Waals surface area contributed by atoms with E-state index in [-0.39, 0.29) is 28.3 Å². The fraction of sp³-hybridized carbons (Fsp3) is 0.333. The fourth-order valence-corrected chi connectivity index (χ4v) is 7.26. The third-order valence-electron chi connectivity index (χ3n) is 8.24. The van der Waals surface area contributed by atoms with Crippen molar-refractivity contribution in [2.45, 2.75) is 50.2 Å². The van der Waals surface area contributed by atoms with Crippen LogP contribution in [0.1, 0.15) is 48.8 Å². The first-order valence-corrected chi connectivity index (χ1v) is 13.7. The largest absolute Gasteiger partial charge is 0.494 e. The van der Waals surface area contributed by atoms with Crippen LogP contribution in [0, 0.1) is 11.7 Å². The molecule has 0 radical (unpaired) electrons. The molecule has 38 heavy (non-hydrogen) atoms. The van der Waals surface area contributed by atoms with Gasteiger partial charge in [0.15, 0.2) is 0 Å². The van der Waals surface area contributed by atoms with Crippen LogP contribution in [0.2, 0.25) is 10.0 Å². The average molecular weight is 553 g/mol. The highest BCUT2D eigenvalue weighted by atomic mass is 35.5. The maximum atomic E-state index is 15.8. The molecule has 1 N–H and O–H groups in total. The molecule has 1 saturated heterocycles. The van der Waals surface area contributed by atoms with Gasteiger partial charge in [-0.15, -0.1) is 0 Å². The first-order valence-electron chi connectivity index (χ1n) is 12.9. The van der Waals surface area contributed by atoms with Gasteiger partial charge >= 0.3 is 0 Å². The summed E-state index contributed by atoms with van der Waals surface area (Å²) in [5.41, 5.74) is 1.16. The summed E-state index contributed by atoms with van der Waals surface area (Å²) in [6.07, 6.45) is 1.84. The van der Waals surface area contributed by atoms with Crippen molar-refractivity contribution in [3.05, 3.63) is 93.2 Å². The molecule has 1 spiro atoms. The van der Waals surface area contributed by atoms with E-state index in [2.05, 4.69) is 10.2 Å². The first kappa shape index (κ1) is 25.4. The van der Waals surface area contributed by atoms with Gasteiger partial charge in [-0.1, -0.05) is 53.5 Å². The normalized spacial score (nSPS) is 26.4. The topological polar surface area (TPSA) is 58.6 Å². The maximum Gasteiger partial charge on any atom is 0.250 e. The lowest BCUT2D eigenvalue weighted by Gasteiger charge is -2.40. The van der Waals surface area contributed by atoms with E-state index in [0.29, 0.717) is 42.3 Å². The first-order chi connectivity index (χ1) is 18.4. The van der Waals surface area contributed by atoms with Gasteiger partial charge in [-0.2, -0.15) is 0 Å². The number of halogens is 3. The van der Waals surface area contributed by atoms with Gasteiger partial charge in [0.1, 0.15) is 22.9 Å². The van der Waals surface area contributed by atoms with E-state index in [4.69, 9.17) is 27.9 Å². The van der Waals surface area contributed by atoms with E-state index in [1.54, 1.807) is 24.3 Å². The molecular weight excluding hydrogens is 526 g/mol. The molecular formula is C30H27Cl2FN2O3. The Balaban J connectivity index is 1.61. The Bertz CT molecular complexity index is 1450. The lowest BCUT2D eigenvalue weighted by molar-refractivity contribution is -0.128. The molecule has 8 heteroatoms. The van der Waals surface area contributed by atoms with Crippen molar-refractivity contribution in [1.82, 2.24) is 4.90 Å². The molecule has 1 saturated carbocycles. The standard InChI is InChI=1S/C30H27Cl2FN2O3/c1-2-38-19-7-3-6-17(14-19)16-35-24-10-5-11-25(36)26(24)27(20-8-4-9-22(32)28(20)33)30(35)21-13-12-18(31)15-23(21)34-29(30)37/h3-4,6-9,12-15,24,26-27H,2,5,10-11,16H2,1H3,(H,34,37)/t24-,26-,27-,30+/m0/s1. The Morgan fingerprint density at radius 3 is 2.74 bits per heavy atom. The second-order valence-electron chi connectivity index (χ2n) is 10.2. The average Bonchev–Trinajstić information content (AvgIpc) is 3.34. The predicted molar refractivity (Wildman–Crippen MR) is 145 cm³/mol. The molecule has 2 aliphatic heterocycles. The summed E-state index contributed by atoms with van der Waals surface area (Å²) >= 11 is 12.6. The minimum absolute atomic E-state index is 0.0324. The number of carbonyl (C=O) groups is 2. The van der Waals surface area contributed by atoms with Crippen LogP contribution in [0.5, 0.6) is 5.75 Å². The molecule has 3 aliphatic rings. The summed E-state index contributed by atoms with van der Waals surface area (Å²) in [4.78, 5) is 30.1. The van der Waals surface area contributed by atoms with Crippen molar-refractivity contribution in [3.63, 3.8) is 0 Å². The van der Waals surface area contributed by atoms with Crippen molar-refractivity contribution < 1.29 is 18.7 Å². The summed E-state index contributed by atoms with van der Waals surface area (Å²) in [6, 6.07) is 17.6. The Hall–Kier alpha value is -2.93. The Morgan fingerprint density at radius 1 is 1.11 bits per heavy atom. The zero-order valence-electron chi connectivity index (χ0n) is 20.8. The highest BCUT2D eigenvalue weighted by Crippen LogP contribution is 2.62. The number of likely N-dealkylation sites (tertiary alicyclic amines) is 1. The second-order valence-corrected chi connectivity index (χ2v) is 11.0. The number of ether oxygens (including phenoxy) is 1. The molecule has 0 unspecified atom stereocenters. The number of fused-ring (bicyclic) bond motifs is 3. The van der Waals surface area contributed by atoms with Crippen molar-refractivity contribution in [1.29, 1.82) is 0 Å². The zero-order valence-corrected chi connectivity index (χ0v) is 22.4. The molecule has 3 aromatic rings. The van der Waals surface area contributed by atoms with Gasteiger partial charge < -0.3 is 10.1 Å². The quantitative estimate of drug-likeness (QED) is 0.382. The van der Waals surface area contributed by atoms with Crippen molar-refractivity contribution in [3.8, 4) is 5.75 Å². The number of benzene rings is 3. The van der Waals surface area contributed by atoms with Crippen LogP contribution in [0.3, 0.4) is 0 Å². The van der Waals surface area contributed by atoms with Gasteiger partial charge in [-0.3, -0.25) is 14.5 Å². The van der Waals surface area contributed by atoms with Crippen LogP contribution in [0.4, 0.5) is 10.1 Å². The Labute approximate surface area is 230 Å². The number of amides is 1. The molecule has 2 fully saturated rings. The Morgan fingerprint density at radius 2 is 1.92 bits per heavy atom. The molecule has 5 nitrogen and oxygen atoms in total. The fourth-order valence-electron chi connectivity index (χ4n) is 6.91. The zero-order chi connectivity index (χ0) is 26.6. The van der Waals surface area contributed by atoms with Crippen LogP contribution in [0.15, 0.2) is 60.7 Å². The molecule has 6 rings (SSSR count). The second kappa shape index (κ2) is 9.67. The minimum atomic E-state index is -1.33. The van der Waals surface area contributed by atoms with Gasteiger partial charge in [-0.25, -0.2) is 4.39 Å². The van der Waals surface area contributed by atoms with E-state index < -0.39 is 23.2 Å². The van der Waals surface area contributed by atoms with Crippen LogP contribution in [-0.2, 0) is 21.7 Å². The highest BCUT2D eigenvalue weighted by Gasteiger charge is 2.68. The van der Waals surface area contributed by atoms with Crippen molar-refractivity contribution >= 4 is 40.6 Å².